The molecule has 0 aliphatic carbocycles. The highest BCUT2D eigenvalue weighted by molar-refractivity contribution is 7.89. The molecule has 1 amide bonds. The maximum absolute atomic E-state index is 13.6. The summed E-state index contributed by atoms with van der Waals surface area (Å²) in [5.74, 6) is 0.859. The van der Waals surface area contributed by atoms with Crippen LogP contribution in [0.5, 0.6) is 11.5 Å². The molecule has 0 fully saturated rings. The number of carbonyl (C=O) groups is 1. The number of methoxy groups -OCH3 is 2. The quantitative estimate of drug-likeness (QED) is 0.438. The Morgan fingerprint density at radius 3 is 2.29 bits per heavy atom. The zero-order valence-electron chi connectivity index (χ0n) is 19.9. The maximum Gasteiger partial charge on any atom is 0.243 e. The number of sulfonamides is 1. The van der Waals surface area contributed by atoms with E-state index in [1.165, 1.54) is 22.4 Å². The van der Waals surface area contributed by atoms with Gasteiger partial charge in [-0.15, -0.1) is 0 Å². The van der Waals surface area contributed by atoms with Crippen LogP contribution in [0.15, 0.2) is 77.7 Å². The van der Waals surface area contributed by atoms with Crippen LogP contribution in [0.4, 0.5) is 5.69 Å². The van der Waals surface area contributed by atoms with E-state index in [0.717, 1.165) is 5.56 Å². The zero-order valence-corrected chi connectivity index (χ0v) is 20.7. The van der Waals surface area contributed by atoms with Gasteiger partial charge in [-0.05, 0) is 54.8 Å². The second-order valence-electron chi connectivity index (χ2n) is 7.86. The molecular formula is C26H30N2O5S. The molecule has 7 nitrogen and oxygen atoms in total. The van der Waals surface area contributed by atoms with Crippen molar-refractivity contribution in [1.82, 2.24) is 4.31 Å². The number of nitrogens with zero attached hydrogens (tertiary/aromatic N) is 2. The third kappa shape index (κ3) is 5.95. The van der Waals surface area contributed by atoms with Crippen LogP contribution in [0.1, 0.15) is 11.1 Å². The predicted molar refractivity (Wildman–Crippen MR) is 133 cm³/mol. The van der Waals surface area contributed by atoms with E-state index in [1.807, 2.05) is 30.3 Å². The number of benzene rings is 3. The summed E-state index contributed by atoms with van der Waals surface area (Å²) in [5, 5.41) is 0. The number of amides is 1. The predicted octanol–water partition coefficient (Wildman–Crippen LogP) is 3.91. The van der Waals surface area contributed by atoms with Crippen LogP contribution in [-0.2, 0) is 21.2 Å². The van der Waals surface area contributed by atoms with E-state index in [1.54, 1.807) is 57.5 Å². The number of hydrogen-bond donors (Lipinski definition) is 0. The van der Waals surface area contributed by atoms with E-state index in [-0.39, 0.29) is 23.9 Å². The van der Waals surface area contributed by atoms with Gasteiger partial charge in [0.15, 0.2) is 0 Å². The van der Waals surface area contributed by atoms with E-state index in [9.17, 15) is 13.2 Å². The van der Waals surface area contributed by atoms with Crippen molar-refractivity contribution < 1.29 is 22.7 Å². The monoisotopic (exact) mass is 482 g/mol. The molecule has 0 unspecified atom stereocenters. The first-order valence-electron chi connectivity index (χ1n) is 10.9. The molecule has 0 atom stereocenters. The number of anilines is 1. The van der Waals surface area contributed by atoms with Crippen molar-refractivity contribution in [2.75, 3.05) is 39.3 Å². The first kappa shape index (κ1) is 25.3. The summed E-state index contributed by atoms with van der Waals surface area (Å²) >= 11 is 0. The molecule has 0 saturated carbocycles. The van der Waals surface area contributed by atoms with Crippen LogP contribution in [0, 0.1) is 6.92 Å². The number of ether oxygens (including phenoxy) is 2. The number of aryl methyl sites for hydroxylation is 1. The Bertz CT molecular complexity index is 1230. The minimum absolute atomic E-state index is 0.121. The van der Waals surface area contributed by atoms with Gasteiger partial charge in [-0.2, -0.15) is 4.31 Å². The molecule has 3 aromatic carbocycles. The van der Waals surface area contributed by atoms with Crippen LogP contribution >= 0.6 is 0 Å². The first-order valence-corrected chi connectivity index (χ1v) is 12.3. The molecule has 0 spiro atoms. The Morgan fingerprint density at radius 1 is 0.912 bits per heavy atom. The molecule has 180 valence electrons. The molecular weight excluding hydrogens is 452 g/mol. The third-order valence-electron chi connectivity index (χ3n) is 5.62. The van der Waals surface area contributed by atoms with E-state index in [4.69, 9.17) is 9.47 Å². The zero-order chi connectivity index (χ0) is 24.7. The molecule has 8 heteroatoms. The fourth-order valence-electron chi connectivity index (χ4n) is 3.56. The molecule has 0 aliphatic rings. The van der Waals surface area contributed by atoms with Crippen LogP contribution in [-0.4, -0.2) is 53.0 Å². The van der Waals surface area contributed by atoms with Crippen LogP contribution in [0.3, 0.4) is 0 Å². The van der Waals surface area contributed by atoms with E-state index in [0.29, 0.717) is 29.2 Å². The number of hydrogen-bond acceptors (Lipinski definition) is 5. The summed E-state index contributed by atoms with van der Waals surface area (Å²) in [6.45, 7) is 1.65. The molecule has 0 heterocycles. The average molecular weight is 483 g/mol. The molecule has 0 radical (unpaired) electrons. The van der Waals surface area contributed by atoms with Gasteiger partial charge in [-0.3, -0.25) is 4.79 Å². The molecule has 34 heavy (non-hydrogen) atoms. The highest BCUT2D eigenvalue weighted by Crippen LogP contribution is 2.25. The van der Waals surface area contributed by atoms with Crippen molar-refractivity contribution >= 4 is 21.6 Å². The van der Waals surface area contributed by atoms with Crippen LogP contribution < -0.4 is 14.4 Å². The van der Waals surface area contributed by atoms with Gasteiger partial charge in [-0.1, -0.05) is 36.4 Å². The second-order valence-corrected chi connectivity index (χ2v) is 9.80. The number of rotatable bonds is 10. The summed E-state index contributed by atoms with van der Waals surface area (Å²) in [6, 6.07) is 21.4. The molecule has 0 aliphatic heterocycles. The molecule has 0 saturated heterocycles. The van der Waals surface area contributed by atoms with Crippen molar-refractivity contribution in [3.8, 4) is 11.5 Å². The van der Waals surface area contributed by atoms with Crippen molar-refractivity contribution in [2.24, 2.45) is 0 Å². The normalized spacial score (nSPS) is 11.3. The van der Waals surface area contributed by atoms with Gasteiger partial charge in [0.25, 0.3) is 0 Å². The highest BCUT2D eigenvalue weighted by atomic mass is 32.2. The summed E-state index contributed by atoms with van der Waals surface area (Å²) in [5.41, 5.74) is 2.30. The van der Waals surface area contributed by atoms with Crippen LogP contribution in [0.2, 0.25) is 0 Å². The van der Waals surface area contributed by atoms with Crippen molar-refractivity contribution in [1.29, 1.82) is 0 Å². The fraction of sp³-hybridized carbons (Fsp3) is 0.269. The molecule has 0 aromatic heterocycles. The van der Waals surface area contributed by atoms with Crippen molar-refractivity contribution in [2.45, 2.75) is 18.2 Å². The topological polar surface area (TPSA) is 76.2 Å². The Balaban J connectivity index is 1.89. The highest BCUT2D eigenvalue weighted by Gasteiger charge is 2.28. The van der Waals surface area contributed by atoms with Gasteiger partial charge < -0.3 is 14.4 Å². The Morgan fingerprint density at radius 2 is 1.65 bits per heavy atom. The minimum Gasteiger partial charge on any atom is -0.497 e. The first-order chi connectivity index (χ1) is 16.3. The van der Waals surface area contributed by atoms with Gasteiger partial charge in [0.05, 0.1) is 25.7 Å². The molecule has 0 N–H and O–H groups in total. The summed E-state index contributed by atoms with van der Waals surface area (Å²) < 4.78 is 38.9. The van der Waals surface area contributed by atoms with Crippen LogP contribution in [0.25, 0.3) is 0 Å². The Kier molecular flexibility index (Phi) is 8.31. The molecule has 3 rings (SSSR count). The minimum atomic E-state index is -3.94. The van der Waals surface area contributed by atoms with Crippen molar-refractivity contribution in [3.63, 3.8) is 0 Å². The fourth-order valence-corrected chi connectivity index (χ4v) is 5.04. The third-order valence-corrected chi connectivity index (χ3v) is 7.46. The average Bonchev–Trinajstić information content (AvgIpc) is 2.86. The van der Waals surface area contributed by atoms with Gasteiger partial charge in [0.1, 0.15) is 11.5 Å². The lowest BCUT2D eigenvalue weighted by Crippen LogP contribution is -2.42. The maximum atomic E-state index is 13.6. The summed E-state index contributed by atoms with van der Waals surface area (Å²) in [6.07, 6.45) is 0.478. The Labute approximate surface area is 201 Å². The standard InChI is InChI=1S/C26H30N2O5S/c1-20-17-24(13-14-25(20)33-4)34(30,31)28(16-15-21-9-6-5-7-10-21)19-26(29)27(2)22-11-8-12-23(18-22)32-3/h5-14,17-18H,15-16,19H2,1-4H3. The SMILES string of the molecule is COc1cccc(N(C)C(=O)CN(CCc2ccccc2)S(=O)(=O)c2ccc(OC)c(C)c2)c1. The largest absolute Gasteiger partial charge is 0.497 e. The molecule has 3 aromatic rings. The van der Waals surface area contributed by atoms with Crippen molar-refractivity contribution in [3.05, 3.63) is 83.9 Å². The summed E-state index contributed by atoms with van der Waals surface area (Å²) in [4.78, 5) is 14.7. The lowest BCUT2D eigenvalue weighted by atomic mass is 10.1. The molecule has 0 bridgehead atoms. The Hall–Kier alpha value is -3.36. The number of carbonyl (C=O) groups excluding carboxylic acids is 1. The number of likely N-dealkylation sites (N-methyl/N-ethyl adjacent to an activating group) is 1. The van der Waals surface area contributed by atoms with E-state index < -0.39 is 10.0 Å². The van der Waals surface area contributed by atoms with E-state index >= 15 is 0 Å². The van der Waals surface area contributed by atoms with Gasteiger partial charge in [0.2, 0.25) is 15.9 Å². The van der Waals surface area contributed by atoms with E-state index in [2.05, 4.69) is 0 Å². The summed E-state index contributed by atoms with van der Waals surface area (Å²) in [7, 11) is 0.774. The van der Waals surface area contributed by atoms with Gasteiger partial charge in [0, 0.05) is 25.3 Å². The lowest BCUT2D eigenvalue weighted by Gasteiger charge is -2.25. The smallest absolute Gasteiger partial charge is 0.243 e. The van der Waals surface area contributed by atoms with Gasteiger partial charge >= 0.3 is 0 Å². The van der Waals surface area contributed by atoms with Gasteiger partial charge in [-0.25, -0.2) is 8.42 Å². The lowest BCUT2D eigenvalue weighted by molar-refractivity contribution is -0.118. The second kappa shape index (κ2) is 11.2.